The van der Waals surface area contributed by atoms with Crippen LogP contribution in [0.4, 0.5) is 0 Å². The van der Waals surface area contributed by atoms with Crippen LogP contribution < -0.4 is 5.43 Å². The molecule has 0 atom stereocenters. The Hall–Kier alpha value is -2.42. The van der Waals surface area contributed by atoms with Gasteiger partial charge in [0.25, 0.3) is 0 Å². The fourth-order valence-corrected chi connectivity index (χ4v) is 2.00. The van der Waals surface area contributed by atoms with Crippen molar-refractivity contribution < 1.29 is 0 Å². The second-order valence-corrected chi connectivity index (χ2v) is 4.32. The average Bonchev–Trinajstić information content (AvgIpc) is 2.40. The number of pyridine rings is 2. The van der Waals surface area contributed by atoms with Gasteiger partial charge >= 0.3 is 0 Å². The van der Waals surface area contributed by atoms with Gasteiger partial charge in [0.15, 0.2) is 5.43 Å². The summed E-state index contributed by atoms with van der Waals surface area (Å²) in [5.74, 6) is 0. The van der Waals surface area contributed by atoms with Gasteiger partial charge < -0.3 is 4.98 Å². The van der Waals surface area contributed by atoms with Crippen molar-refractivity contribution in [3.63, 3.8) is 0 Å². The molecule has 1 N–H and O–H groups in total. The number of nitrogens with one attached hydrogen (secondary N) is 1. The smallest absolute Gasteiger partial charge is 0.191 e. The number of fused-ring (bicyclic) bond motifs is 1. The van der Waals surface area contributed by atoms with Crippen LogP contribution in [0, 0.1) is 6.92 Å². The molecule has 2 aromatic heterocycles. The Balaban J connectivity index is 2.29. The zero-order valence-electron chi connectivity index (χ0n) is 9.97. The number of hydrogen-bond acceptors (Lipinski definition) is 2. The third-order valence-corrected chi connectivity index (χ3v) is 2.90. The molecule has 3 rings (SSSR count). The molecule has 0 aliphatic carbocycles. The second-order valence-electron chi connectivity index (χ2n) is 4.32. The predicted octanol–water partition coefficient (Wildman–Crippen LogP) is 2.90. The molecular formula is C15H12N2O. The highest BCUT2D eigenvalue weighted by molar-refractivity contribution is 5.78. The topological polar surface area (TPSA) is 45.8 Å². The average molecular weight is 236 g/mol. The van der Waals surface area contributed by atoms with Gasteiger partial charge in [0, 0.05) is 12.3 Å². The molecule has 0 bridgehead atoms. The van der Waals surface area contributed by atoms with E-state index in [0.29, 0.717) is 11.0 Å². The first-order valence-electron chi connectivity index (χ1n) is 5.79. The summed E-state index contributed by atoms with van der Waals surface area (Å²) in [6.07, 6.45) is 1.76. The predicted molar refractivity (Wildman–Crippen MR) is 72.5 cm³/mol. The Bertz CT molecular complexity index is 760. The fraction of sp³-hybridized carbons (Fsp3) is 0.0667. The Morgan fingerprint density at radius 2 is 1.89 bits per heavy atom. The van der Waals surface area contributed by atoms with Crippen molar-refractivity contribution >= 4 is 11.0 Å². The SMILES string of the molecule is Cc1cnc2[nH]c(-c3ccccc3)cc(=O)c2c1. The van der Waals surface area contributed by atoms with Crippen LogP contribution in [0.5, 0.6) is 0 Å². The van der Waals surface area contributed by atoms with Gasteiger partial charge in [-0.25, -0.2) is 4.98 Å². The van der Waals surface area contributed by atoms with E-state index in [9.17, 15) is 4.79 Å². The van der Waals surface area contributed by atoms with E-state index >= 15 is 0 Å². The summed E-state index contributed by atoms with van der Waals surface area (Å²) in [5.41, 5.74) is 3.40. The maximum absolute atomic E-state index is 12.1. The summed E-state index contributed by atoms with van der Waals surface area (Å²) in [4.78, 5) is 19.5. The van der Waals surface area contributed by atoms with E-state index in [2.05, 4.69) is 9.97 Å². The maximum atomic E-state index is 12.1. The lowest BCUT2D eigenvalue weighted by Crippen LogP contribution is -2.04. The fourth-order valence-electron chi connectivity index (χ4n) is 2.00. The lowest BCUT2D eigenvalue weighted by atomic mass is 10.1. The van der Waals surface area contributed by atoms with Gasteiger partial charge in [-0.1, -0.05) is 30.3 Å². The van der Waals surface area contributed by atoms with Crippen LogP contribution in [0.25, 0.3) is 22.3 Å². The van der Waals surface area contributed by atoms with E-state index in [1.165, 1.54) is 0 Å². The molecule has 0 saturated heterocycles. The Morgan fingerprint density at radius 1 is 1.11 bits per heavy atom. The van der Waals surface area contributed by atoms with Crippen LogP contribution in [-0.4, -0.2) is 9.97 Å². The second kappa shape index (κ2) is 4.11. The first-order chi connectivity index (χ1) is 8.74. The maximum Gasteiger partial charge on any atom is 0.191 e. The number of aromatic nitrogens is 2. The summed E-state index contributed by atoms with van der Waals surface area (Å²) in [6.45, 7) is 1.93. The molecule has 3 aromatic rings. The van der Waals surface area contributed by atoms with Gasteiger partial charge in [-0.3, -0.25) is 4.79 Å². The molecule has 0 fully saturated rings. The number of aromatic amines is 1. The zero-order chi connectivity index (χ0) is 12.5. The monoisotopic (exact) mass is 236 g/mol. The van der Waals surface area contributed by atoms with Crippen LogP contribution in [0.1, 0.15) is 5.56 Å². The number of nitrogens with zero attached hydrogens (tertiary/aromatic N) is 1. The molecule has 0 unspecified atom stereocenters. The van der Waals surface area contributed by atoms with Crippen molar-refractivity contribution in [1.82, 2.24) is 9.97 Å². The van der Waals surface area contributed by atoms with E-state index in [1.807, 2.05) is 43.3 Å². The minimum atomic E-state index is -0.00111. The zero-order valence-corrected chi connectivity index (χ0v) is 9.97. The van der Waals surface area contributed by atoms with Gasteiger partial charge in [0.2, 0.25) is 0 Å². The summed E-state index contributed by atoms with van der Waals surface area (Å²) in [6, 6.07) is 13.2. The first-order valence-corrected chi connectivity index (χ1v) is 5.79. The van der Waals surface area contributed by atoms with Crippen molar-refractivity contribution in [2.75, 3.05) is 0 Å². The normalized spacial score (nSPS) is 10.7. The number of aryl methyl sites for hydroxylation is 1. The van der Waals surface area contributed by atoms with Crippen LogP contribution in [0.2, 0.25) is 0 Å². The van der Waals surface area contributed by atoms with Crippen LogP contribution in [-0.2, 0) is 0 Å². The Labute approximate surface area is 104 Å². The van der Waals surface area contributed by atoms with Crippen molar-refractivity contribution in [2.45, 2.75) is 6.92 Å². The van der Waals surface area contributed by atoms with Crippen molar-refractivity contribution in [2.24, 2.45) is 0 Å². The molecule has 0 amide bonds. The number of hydrogen-bond donors (Lipinski definition) is 1. The van der Waals surface area contributed by atoms with E-state index in [0.717, 1.165) is 16.8 Å². The molecule has 0 saturated carbocycles. The Morgan fingerprint density at radius 3 is 2.67 bits per heavy atom. The van der Waals surface area contributed by atoms with E-state index in [1.54, 1.807) is 12.3 Å². The van der Waals surface area contributed by atoms with Crippen LogP contribution >= 0.6 is 0 Å². The van der Waals surface area contributed by atoms with E-state index < -0.39 is 0 Å². The van der Waals surface area contributed by atoms with Gasteiger partial charge in [-0.2, -0.15) is 0 Å². The molecule has 18 heavy (non-hydrogen) atoms. The third kappa shape index (κ3) is 1.80. The molecule has 3 heteroatoms. The minimum absolute atomic E-state index is 0.00111. The molecule has 3 nitrogen and oxygen atoms in total. The molecule has 0 spiro atoms. The standard InChI is InChI=1S/C15H12N2O/c1-10-7-12-14(18)8-13(17-15(12)16-9-10)11-5-3-2-4-6-11/h2-9H,1H3,(H,16,17,18). The molecule has 0 aliphatic rings. The molecule has 0 radical (unpaired) electrons. The third-order valence-electron chi connectivity index (χ3n) is 2.90. The van der Waals surface area contributed by atoms with Crippen molar-refractivity contribution in [3.05, 3.63) is 64.4 Å². The number of H-pyrrole nitrogens is 1. The molecular weight excluding hydrogens is 224 g/mol. The van der Waals surface area contributed by atoms with Gasteiger partial charge in [-0.05, 0) is 24.1 Å². The van der Waals surface area contributed by atoms with Crippen LogP contribution in [0.15, 0.2) is 53.5 Å². The lowest BCUT2D eigenvalue weighted by molar-refractivity contribution is 1.25. The van der Waals surface area contributed by atoms with Gasteiger partial charge in [-0.15, -0.1) is 0 Å². The van der Waals surface area contributed by atoms with Crippen molar-refractivity contribution in [1.29, 1.82) is 0 Å². The summed E-state index contributed by atoms with van der Waals surface area (Å²) in [7, 11) is 0. The van der Waals surface area contributed by atoms with Crippen molar-refractivity contribution in [3.8, 4) is 11.3 Å². The summed E-state index contributed by atoms with van der Waals surface area (Å²) < 4.78 is 0. The highest BCUT2D eigenvalue weighted by Crippen LogP contribution is 2.17. The van der Waals surface area contributed by atoms with E-state index in [-0.39, 0.29) is 5.43 Å². The van der Waals surface area contributed by atoms with Crippen LogP contribution in [0.3, 0.4) is 0 Å². The lowest BCUT2D eigenvalue weighted by Gasteiger charge is -2.04. The molecule has 0 aliphatic heterocycles. The quantitative estimate of drug-likeness (QED) is 0.706. The number of benzene rings is 1. The number of rotatable bonds is 1. The molecule has 88 valence electrons. The summed E-state index contributed by atoms with van der Waals surface area (Å²) in [5, 5.41) is 0.634. The Kier molecular flexibility index (Phi) is 2.45. The highest BCUT2D eigenvalue weighted by atomic mass is 16.1. The minimum Gasteiger partial charge on any atom is -0.339 e. The molecule has 2 heterocycles. The largest absolute Gasteiger partial charge is 0.339 e. The molecule has 1 aromatic carbocycles. The van der Waals surface area contributed by atoms with Gasteiger partial charge in [0.1, 0.15) is 5.65 Å². The van der Waals surface area contributed by atoms with Gasteiger partial charge in [0.05, 0.1) is 11.1 Å². The highest BCUT2D eigenvalue weighted by Gasteiger charge is 2.04. The summed E-state index contributed by atoms with van der Waals surface area (Å²) >= 11 is 0. The first kappa shape index (κ1) is 10.7. The van der Waals surface area contributed by atoms with E-state index in [4.69, 9.17) is 0 Å².